The van der Waals surface area contributed by atoms with Crippen LogP contribution in [0.1, 0.15) is 18.9 Å². The predicted molar refractivity (Wildman–Crippen MR) is 72.8 cm³/mol. The molecular formula is C11H9ClN4O2S. The first-order valence-corrected chi connectivity index (χ1v) is 6.47. The summed E-state index contributed by atoms with van der Waals surface area (Å²) in [6.07, 6.45) is 2.09. The summed E-state index contributed by atoms with van der Waals surface area (Å²) in [6.45, 7) is 0. The van der Waals surface area contributed by atoms with Crippen molar-refractivity contribution in [2.24, 2.45) is 0 Å². The highest BCUT2D eigenvalue weighted by molar-refractivity contribution is 7.71. The number of benzene rings is 1. The maximum Gasteiger partial charge on any atom is 0.271 e. The van der Waals surface area contributed by atoms with E-state index in [0.29, 0.717) is 27.2 Å². The summed E-state index contributed by atoms with van der Waals surface area (Å²) in [5.74, 6) is 0.595. The summed E-state index contributed by atoms with van der Waals surface area (Å²) in [4.78, 5) is 10.4. The second kappa shape index (κ2) is 4.43. The molecule has 0 saturated heterocycles. The number of nitro groups is 1. The van der Waals surface area contributed by atoms with E-state index in [1.165, 1.54) is 12.1 Å². The van der Waals surface area contributed by atoms with Crippen molar-refractivity contribution in [2.45, 2.75) is 18.9 Å². The molecular weight excluding hydrogens is 288 g/mol. The molecule has 2 aromatic rings. The van der Waals surface area contributed by atoms with Crippen LogP contribution in [0.25, 0.3) is 11.4 Å². The van der Waals surface area contributed by atoms with E-state index in [0.717, 1.165) is 12.8 Å². The Labute approximate surface area is 118 Å². The number of nitrogens with zero attached hydrogens (tertiary/aromatic N) is 3. The number of nitro benzene ring substituents is 1. The van der Waals surface area contributed by atoms with E-state index < -0.39 is 4.92 Å². The smallest absolute Gasteiger partial charge is 0.271 e. The quantitative estimate of drug-likeness (QED) is 0.534. The Kier molecular flexibility index (Phi) is 2.87. The topological polar surface area (TPSA) is 76.8 Å². The molecule has 3 rings (SSSR count). The lowest BCUT2D eigenvalue weighted by Gasteiger charge is -2.05. The average Bonchev–Trinajstić information content (AvgIpc) is 3.11. The highest BCUT2D eigenvalue weighted by atomic mass is 35.5. The van der Waals surface area contributed by atoms with Gasteiger partial charge < -0.3 is 0 Å². The van der Waals surface area contributed by atoms with Gasteiger partial charge in [0, 0.05) is 28.8 Å². The number of halogens is 1. The number of H-pyrrole nitrogens is 1. The zero-order chi connectivity index (χ0) is 13.6. The molecule has 0 radical (unpaired) electrons. The van der Waals surface area contributed by atoms with Crippen LogP contribution in [0, 0.1) is 14.9 Å². The molecule has 0 unspecified atom stereocenters. The SMILES string of the molecule is O=[N+]([O-])c1cc(Cl)cc(-c2n[nH]c(=S)n2C2CC2)c1. The number of rotatable bonds is 3. The highest BCUT2D eigenvalue weighted by Gasteiger charge is 2.28. The van der Waals surface area contributed by atoms with Crippen molar-refractivity contribution < 1.29 is 4.92 Å². The first kappa shape index (κ1) is 12.3. The largest absolute Gasteiger partial charge is 0.297 e. The van der Waals surface area contributed by atoms with Crippen molar-refractivity contribution in [2.75, 3.05) is 0 Å². The molecule has 1 fully saturated rings. The number of hydrogen-bond donors (Lipinski definition) is 1. The molecule has 1 heterocycles. The van der Waals surface area contributed by atoms with E-state index in [4.69, 9.17) is 23.8 Å². The van der Waals surface area contributed by atoms with Crippen LogP contribution >= 0.6 is 23.8 Å². The minimum Gasteiger partial charge on any atom is -0.297 e. The zero-order valence-electron chi connectivity index (χ0n) is 9.67. The van der Waals surface area contributed by atoms with Crippen LogP contribution in [0.15, 0.2) is 18.2 Å². The van der Waals surface area contributed by atoms with Gasteiger partial charge in [-0.2, -0.15) is 5.10 Å². The molecule has 8 heteroatoms. The van der Waals surface area contributed by atoms with Crippen molar-refractivity contribution in [1.29, 1.82) is 0 Å². The van der Waals surface area contributed by atoms with Gasteiger partial charge in [-0.1, -0.05) is 11.6 Å². The van der Waals surface area contributed by atoms with Crippen molar-refractivity contribution in [1.82, 2.24) is 14.8 Å². The second-order valence-electron chi connectivity index (χ2n) is 4.41. The second-order valence-corrected chi connectivity index (χ2v) is 5.23. The fourth-order valence-corrected chi connectivity index (χ4v) is 2.50. The first-order chi connectivity index (χ1) is 9.06. The van der Waals surface area contributed by atoms with Crippen molar-refractivity contribution in [3.05, 3.63) is 38.1 Å². The van der Waals surface area contributed by atoms with Crippen LogP contribution in [0.5, 0.6) is 0 Å². The summed E-state index contributed by atoms with van der Waals surface area (Å²) in [5, 5.41) is 18.1. The Morgan fingerprint density at radius 2 is 2.21 bits per heavy atom. The lowest BCUT2D eigenvalue weighted by atomic mass is 10.2. The van der Waals surface area contributed by atoms with Crippen molar-refractivity contribution in [3.8, 4) is 11.4 Å². The molecule has 0 amide bonds. The minimum atomic E-state index is -0.474. The first-order valence-electron chi connectivity index (χ1n) is 5.68. The Morgan fingerprint density at radius 1 is 1.47 bits per heavy atom. The number of aromatic nitrogens is 3. The third kappa shape index (κ3) is 2.26. The number of aromatic amines is 1. The van der Waals surface area contributed by atoms with Crippen LogP contribution in [-0.2, 0) is 0 Å². The Bertz CT molecular complexity index is 720. The van der Waals surface area contributed by atoms with Crippen LogP contribution in [0.3, 0.4) is 0 Å². The van der Waals surface area contributed by atoms with Crippen molar-refractivity contribution >= 4 is 29.5 Å². The fourth-order valence-electron chi connectivity index (χ4n) is 1.99. The van der Waals surface area contributed by atoms with Gasteiger partial charge in [0.2, 0.25) is 0 Å². The fraction of sp³-hybridized carbons (Fsp3) is 0.273. The monoisotopic (exact) mass is 296 g/mol. The number of nitrogens with one attached hydrogen (secondary N) is 1. The van der Waals surface area contributed by atoms with Gasteiger partial charge in [0.05, 0.1) is 4.92 Å². The predicted octanol–water partition coefficient (Wildman–Crippen LogP) is 3.50. The molecule has 98 valence electrons. The van der Waals surface area contributed by atoms with Gasteiger partial charge in [-0.05, 0) is 31.1 Å². The lowest BCUT2D eigenvalue weighted by molar-refractivity contribution is -0.384. The summed E-state index contributed by atoms with van der Waals surface area (Å²) >= 11 is 11.1. The maximum absolute atomic E-state index is 10.9. The van der Waals surface area contributed by atoms with E-state index in [9.17, 15) is 10.1 Å². The molecule has 1 aliphatic carbocycles. The van der Waals surface area contributed by atoms with Crippen LogP contribution < -0.4 is 0 Å². The van der Waals surface area contributed by atoms with E-state index in [2.05, 4.69) is 10.2 Å². The summed E-state index contributed by atoms with van der Waals surface area (Å²) < 4.78 is 2.42. The molecule has 0 bridgehead atoms. The van der Waals surface area contributed by atoms with Gasteiger partial charge in [-0.3, -0.25) is 19.8 Å². The molecule has 0 spiro atoms. The molecule has 6 nitrogen and oxygen atoms in total. The maximum atomic E-state index is 10.9. The van der Waals surface area contributed by atoms with E-state index in [-0.39, 0.29) is 5.69 Å². The molecule has 1 aromatic carbocycles. The Balaban J connectivity index is 2.16. The average molecular weight is 297 g/mol. The third-order valence-electron chi connectivity index (χ3n) is 2.97. The Morgan fingerprint density at radius 3 is 2.84 bits per heavy atom. The summed E-state index contributed by atoms with van der Waals surface area (Å²) in [7, 11) is 0. The van der Waals surface area contributed by atoms with Crippen LogP contribution in [0.4, 0.5) is 5.69 Å². The van der Waals surface area contributed by atoms with E-state index in [1.807, 2.05) is 4.57 Å². The van der Waals surface area contributed by atoms with Crippen molar-refractivity contribution in [3.63, 3.8) is 0 Å². The molecule has 1 saturated carbocycles. The summed E-state index contributed by atoms with van der Waals surface area (Å²) in [6, 6.07) is 4.75. The van der Waals surface area contributed by atoms with E-state index >= 15 is 0 Å². The van der Waals surface area contributed by atoms with Crippen LogP contribution in [-0.4, -0.2) is 19.7 Å². The molecule has 0 atom stereocenters. The van der Waals surface area contributed by atoms with E-state index in [1.54, 1.807) is 6.07 Å². The molecule has 1 aromatic heterocycles. The number of non-ortho nitro benzene ring substituents is 1. The highest BCUT2D eigenvalue weighted by Crippen LogP contribution is 2.38. The number of hydrogen-bond acceptors (Lipinski definition) is 4. The summed E-state index contributed by atoms with van der Waals surface area (Å²) in [5.41, 5.74) is 0.539. The normalized spacial score (nSPS) is 14.6. The molecule has 19 heavy (non-hydrogen) atoms. The molecule has 1 aliphatic rings. The van der Waals surface area contributed by atoms with Gasteiger partial charge in [-0.25, -0.2) is 0 Å². The molecule has 0 aliphatic heterocycles. The van der Waals surface area contributed by atoms with Gasteiger partial charge in [0.1, 0.15) is 0 Å². The molecule has 1 N–H and O–H groups in total. The van der Waals surface area contributed by atoms with Gasteiger partial charge >= 0.3 is 0 Å². The van der Waals surface area contributed by atoms with Gasteiger partial charge in [-0.15, -0.1) is 0 Å². The minimum absolute atomic E-state index is 0.0567. The van der Waals surface area contributed by atoms with Gasteiger partial charge in [0.15, 0.2) is 10.6 Å². The lowest BCUT2D eigenvalue weighted by Crippen LogP contribution is -1.98. The zero-order valence-corrected chi connectivity index (χ0v) is 11.2. The van der Waals surface area contributed by atoms with Gasteiger partial charge in [0.25, 0.3) is 5.69 Å². The standard InChI is InChI=1S/C11H9ClN4O2S/c12-7-3-6(4-9(5-7)16(17)18)10-13-14-11(19)15(10)8-1-2-8/h3-5,8H,1-2H2,(H,14,19). The third-order valence-corrected chi connectivity index (χ3v) is 3.47. The Hall–Kier alpha value is -1.73. The van der Waals surface area contributed by atoms with Crippen LogP contribution in [0.2, 0.25) is 5.02 Å².